The van der Waals surface area contributed by atoms with Crippen LogP contribution in [0.2, 0.25) is 0 Å². The first-order valence-electron chi connectivity index (χ1n) is 15.5. The number of halogens is 4. The predicted molar refractivity (Wildman–Crippen MR) is 162 cm³/mol. The van der Waals surface area contributed by atoms with Crippen LogP contribution >= 0.6 is 0 Å². The molecule has 0 saturated heterocycles. The van der Waals surface area contributed by atoms with E-state index in [1.54, 1.807) is 10.6 Å². The van der Waals surface area contributed by atoms with Gasteiger partial charge in [-0.25, -0.2) is 14.1 Å². The minimum atomic E-state index is -4.69. The summed E-state index contributed by atoms with van der Waals surface area (Å²) in [5, 5.41) is 8.46. The van der Waals surface area contributed by atoms with Crippen molar-refractivity contribution < 1.29 is 17.6 Å². The van der Waals surface area contributed by atoms with Gasteiger partial charge in [-0.2, -0.15) is 18.3 Å². The molecule has 11 heteroatoms. The molecule has 4 heterocycles. The maximum absolute atomic E-state index is 14.5. The Labute approximate surface area is 256 Å². The van der Waals surface area contributed by atoms with Crippen molar-refractivity contribution in [3.63, 3.8) is 0 Å². The molecule has 4 aromatic heterocycles. The Kier molecular flexibility index (Phi) is 6.36. The molecule has 0 amide bonds. The summed E-state index contributed by atoms with van der Waals surface area (Å²) in [4.78, 5) is 22.4. The second kappa shape index (κ2) is 10.1. The maximum Gasteiger partial charge on any atom is 0.433 e. The molecule has 0 aliphatic heterocycles. The number of benzene rings is 1. The number of pyridine rings is 2. The number of aromatic nitrogens is 5. The minimum Gasteiger partial charge on any atom is -0.353 e. The quantitative estimate of drug-likeness (QED) is 0.177. The average molecular weight is 617 g/mol. The Bertz CT molecular complexity index is 2010. The number of hydrogen-bond donors (Lipinski definition) is 2. The fraction of sp³-hybridized carbons (Fsp3) is 0.382. The van der Waals surface area contributed by atoms with Gasteiger partial charge in [0.05, 0.1) is 11.9 Å². The van der Waals surface area contributed by atoms with Crippen LogP contribution in [0.15, 0.2) is 59.7 Å². The molecule has 3 fully saturated rings. The van der Waals surface area contributed by atoms with Crippen LogP contribution in [-0.4, -0.2) is 29.9 Å². The molecule has 3 saturated carbocycles. The summed E-state index contributed by atoms with van der Waals surface area (Å²) in [6.45, 7) is 2.86. The van der Waals surface area contributed by atoms with Gasteiger partial charge in [-0.1, -0.05) is 0 Å². The maximum atomic E-state index is 14.5. The summed E-state index contributed by atoms with van der Waals surface area (Å²) >= 11 is 0. The van der Waals surface area contributed by atoms with E-state index in [-0.39, 0.29) is 22.7 Å². The van der Waals surface area contributed by atoms with E-state index in [1.807, 2.05) is 12.3 Å². The molecular weight excluding hydrogens is 584 g/mol. The molecule has 45 heavy (non-hydrogen) atoms. The SMILES string of the molecule is CC1(NCc2cc3c(C4CC4)cn(-c4cc(-c5ccc(F)cc5-n5nccc5C(F)(F)F)cc(C5CC5)n4)c(=O)c3[nH]2)CCC1. The summed E-state index contributed by atoms with van der Waals surface area (Å²) in [6, 6.07) is 10.2. The third-order valence-corrected chi connectivity index (χ3v) is 9.57. The number of rotatable bonds is 8. The number of alkyl halides is 3. The van der Waals surface area contributed by atoms with E-state index >= 15 is 0 Å². The molecule has 5 aromatic rings. The van der Waals surface area contributed by atoms with Crippen molar-refractivity contribution >= 4 is 10.9 Å². The van der Waals surface area contributed by atoms with Crippen LogP contribution in [-0.2, 0) is 12.7 Å². The van der Waals surface area contributed by atoms with E-state index < -0.39 is 17.7 Å². The largest absolute Gasteiger partial charge is 0.433 e. The zero-order valence-electron chi connectivity index (χ0n) is 24.7. The van der Waals surface area contributed by atoms with Gasteiger partial charge in [0.15, 0.2) is 0 Å². The number of nitrogens with zero attached hydrogens (tertiary/aromatic N) is 4. The fourth-order valence-electron chi connectivity index (χ4n) is 6.51. The van der Waals surface area contributed by atoms with Crippen molar-refractivity contribution in [3.05, 3.63) is 93.7 Å². The molecule has 3 aliphatic carbocycles. The smallest absolute Gasteiger partial charge is 0.353 e. The van der Waals surface area contributed by atoms with Crippen LogP contribution < -0.4 is 10.9 Å². The molecule has 232 valence electrons. The second-order valence-electron chi connectivity index (χ2n) is 13.1. The molecule has 1 aromatic carbocycles. The van der Waals surface area contributed by atoms with Gasteiger partial charge in [0, 0.05) is 52.6 Å². The number of nitrogens with one attached hydrogen (secondary N) is 2. The minimum absolute atomic E-state index is 0.0469. The second-order valence-corrected chi connectivity index (χ2v) is 13.1. The zero-order valence-corrected chi connectivity index (χ0v) is 24.7. The van der Waals surface area contributed by atoms with Crippen molar-refractivity contribution in [1.29, 1.82) is 0 Å². The molecule has 0 atom stereocenters. The van der Waals surface area contributed by atoms with Crippen LogP contribution in [0, 0.1) is 5.82 Å². The van der Waals surface area contributed by atoms with E-state index in [9.17, 15) is 22.4 Å². The zero-order chi connectivity index (χ0) is 31.1. The fourth-order valence-corrected chi connectivity index (χ4v) is 6.51. The van der Waals surface area contributed by atoms with Crippen LogP contribution in [0.1, 0.15) is 86.4 Å². The van der Waals surface area contributed by atoms with Crippen LogP contribution in [0.3, 0.4) is 0 Å². The van der Waals surface area contributed by atoms with Crippen LogP contribution in [0.5, 0.6) is 0 Å². The van der Waals surface area contributed by atoms with E-state index in [1.165, 1.54) is 18.6 Å². The lowest BCUT2D eigenvalue weighted by atomic mass is 9.78. The van der Waals surface area contributed by atoms with Crippen molar-refractivity contribution in [2.45, 2.75) is 82.0 Å². The molecule has 0 unspecified atom stereocenters. The van der Waals surface area contributed by atoms with Crippen molar-refractivity contribution in [2.75, 3.05) is 0 Å². The summed E-state index contributed by atoms with van der Waals surface area (Å²) in [6.07, 6.45) is 5.64. The summed E-state index contributed by atoms with van der Waals surface area (Å²) in [5.74, 6) is 0.219. The number of H-pyrrole nitrogens is 1. The third-order valence-electron chi connectivity index (χ3n) is 9.57. The van der Waals surface area contributed by atoms with Gasteiger partial charge in [0.1, 0.15) is 22.8 Å². The number of fused-ring (bicyclic) bond motifs is 1. The number of aromatic amines is 1. The lowest BCUT2D eigenvalue weighted by molar-refractivity contribution is -0.142. The standard InChI is InChI=1S/C34H32F4N6O/c1-33(10-2-11-33)39-17-23-16-25-26(19-3-4-19)18-43(32(45)31(25)41-23)30-14-21(13-27(42-30)20-5-6-20)24-8-7-22(35)15-28(24)44-29(9-12-40-44)34(36,37)38/h7-9,12-16,18-20,39,41H,2-6,10-11,17H2,1H3. The van der Waals surface area contributed by atoms with E-state index in [4.69, 9.17) is 4.98 Å². The average Bonchev–Trinajstić information content (AvgIpc) is 3.92. The summed E-state index contributed by atoms with van der Waals surface area (Å²) < 4.78 is 58.4. The highest BCUT2D eigenvalue weighted by molar-refractivity contribution is 5.84. The highest BCUT2D eigenvalue weighted by Crippen LogP contribution is 2.44. The molecular formula is C34H32F4N6O. The Morgan fingerprint density at radius 1 is 1.04 bits per heavy atom. The van der Waals surface area contributed by atoms with Gasteiger partial charge in [-0.05, 0) is 105 Å². The van der Waals surface area contributed by atoms with Gasteiger partial charge in [-0.3, -0.25) is 9.36 Å². The lowest BCUT2D eigenvalue weighted by Crippen LogP contribution is -2.47. The Morgan fingerprint density at radius 2 is 1.82 bits per heavy atom. The predicted octanol–water partition coefficient (Wildman–Crippen LogP) is 7.51. The Hall–Kier alpha value is -4.25. The van der Waals surface area contributed by atoms with E-state index in [0.29, 0.717) is 34.9 Å². The Balaban J connectivity index is 1.27. The molecule has 0 spiro atoms. The Morgan fingerprint density at radius 3 is 2.51 bits per heavy atom. The van der Waals surface area contributed by atoms with Gasteiger partial charge in [-0.15, -0.1) is 0 Å². The molecule has 7 nitrogen and oxygen atoms in total. The highest BCUT2D eigenvalue weighted by atomic mass is 19.4. The number of hydrogen-bond acceptors (Lipinski definition) is 4. The highest BCUT2D eigenvalue weighted by Gasteiger charge is 2.36. The van der Waals surface area contributed by atoms with Crippen molar-refractivity contribution in [1.82, 2.24) is 29.6 Å². The molecule has 3 aliphatic rings. The van der Waals surface area contributed by atoms with Gasteiger partial charge >= 0.3 is 6.18 Å². The molecule has 2 N–H and O–H groups in total. The van der Waals surface area contributed by atoms with Gasteiger partial charge in [0.25, 0.3) is 5.56 Å². The summed E-state index contributed by atoms with van der Waals surface area (Å²) in [5.41, 5.74) is 3.00. The van der Waals surface area contributed by atoms with Crippen molar-refractivity contribution in [3.8, 4) is 22.6 Å². The third kappa shape index (κ3) is 5.16. The first kappa shape index (κ1) is 28.2. The summed E-state index contributed by atoms with van der Waals surface area (Å²) in [7, 11) is 0. The first-order chi connectivity index (χ1) is 21.6. The molecule has 0 radical (unpaired) electrons. The van der Waals surface area contributed by atoms with Gasteiger partial charge in [0.2, 0.25) is 0 Å². The molecule has 0 bridgehead atoms. The normalized spacial score (nSPS) is 18.0. The van der Waals surface area contributed by atoms with Crippen LogP contribution in [0.4, 0.5) is 17.6 Å². The topological polar surface area (TPSA) is 80.5 Å². The monoisotopic (exact) mass is 616 g/mol. The first-order valence-corrected chi connectivity index (χ1v) is 15.5. The lowest BCUT2D eigenvalue weighted by Gasteiger charge is -2.39. The van der Waals surface area contributed by atoms with E-state index in [2.05, 4.69) is 28.4 Å². The van der Waals surface area contributed by atoms with Crippen molar-refractivity contribution in [2.24, 2.45) is 0 Å². The van der Waals surface area contributed by atoms with E-state index in [0.717, 1.165) is 83.9 Å². The van der Waals surface area contributed by atoms with Gasteiger partial charge < -0.3 is 10.3 Å². The van der Waals surface area contributed by atoms with Crippen LogP contribution in [0.25, 0.3) is 33.5 Å². The molecule has 8 rings (SSSR count).